The summed E-state index contributed by atoms with van der Waals surface area (Å²) in [5.41, 5.74) is 0. The second kappa shape index (κ2) is 7.24. The minimum atomic E-state index is 0.773. The van der Waals surface area contributed by atoms with E-state index in [4.69, 9.17) is 0 Å². The molecule has 0 aliphatic carbocycles. The molecule has 0 radical (unpaired) electrons. The van der Waals surface area contributed by atoms with E-state index in [2.05, 4.69) is 39.3 Å². The first-order chi connectivity index (χ1) is 8.78. The van der Waals surface area contributed by atoms with Gasteiger partial charge in [0.25, 0.3) is 0 Å². The number of hydrogen-bond donors (Lipinski definition) is 2. The summed E-state index contributed by atoms with van der Waals surface area (Å²) in [6.45, 7) is 4.54. The monoisotopic (exact) mass is 270 g/mol. The summed E-state index contributed by atoms with van der Waals surface area (Å²) < 4.78 is 0. The van der Waals surface area contributed by atoms with Crippen molar-refractivity contribution in [1.82, 2.24) is 15.5 Å². The van der Waals surface area contributed by atoms with E-state index in [-0.39, 0.29) is 0 Å². The lowest BCUT2D eigenvalue weighted by atomic mass is 10.1. The topological polar surface area (TPSA) is 39.7 Å². The van der Waals surface area contributed by atoms with E-state index in [0.717, 1.165) is 30.2 Å². The predicted octanol–water partition coefficient (Wildman–Crippen LogP) is 0.999. The van der Waals surface area contributed by atoms with Gasteiger partial charge < -0.3 is 15.5 Å². The van der Waals surface area contributed by atoms with E-state index in [9.17, 15) is 0 Å². The molecular formula is C13H26N4S. The molecule has 0 aromatic carbocycles. The van der Waals surface area contributed by atoms with Crippen LogP contribution in [0.2, 0.25) is 0 Å². The van der Waals surface area contributed by atoms with E-state index in [1.807, 2.05) is 7.05 Å². The van der Waals surface area contributed by atoms with Crippen molar-refractivity contribution >= 4 is 17.7 Å². The maximum absolute atomic E-state index is 4.30. The molecule has 2 unspecified atom stereocenters. The summed E-state index contributed by atoms with van der Waals surface area (Å²) in [6, 6.07) is 0. The van der Waals surface area contributed by atoms with Crippen LogP contribution in [0.15, 0.2) is 4.99 Å². The van der Waals surface area contributed by atoms with Crippen LogP contribution in [0.5, 0.6) is 0 Å². The highest BCUT2D eigenvalue weighted by Crippen LogP contribution is 2.25. The van der Waals surface area contributed by atoms with E-state index in [0.29, 0.717) is 0 Å². The fourth-order valence-electron chi connectivity index (χ4n) is 2.67. The van der Waals surface area contributed by atoms with Gasteiger partial charge in [0.1, 0.15) is 0 Å². The van der Waals surface area contributed by atoms with Gasteiger partial charge in [-0.05, 0) is 44.5 Å². The molecule has 2 rings (SSSR count). The molecule has 0 spiro atoms. The third kappa shape index (κ3) is 4.35. The number of thioether (sulfide) groups is 1. The number of likely N-dealkylation sites (tertiary alicyclic amines) is 1. The summed E-state index contributed by atoms with van der Waals surface area (Å²) in [6.07, 6.45) is 4.03. The third-order valence-corrected chi connectivity index (χ3v) is 5.19. The molecule has 0 amide bonds. The van der Waals surface area contributed by atoms with Crippen LogP contribution in [0, 0.1) is 5.92 Å². The predicted molar refractivity (Wildman–Crippen MR) is 80.4 cm³/mol. The molecule has 0 saturated carbocycles. The van der Waals surface area contributed by atoms with Crippen molar-refractivity contribution in [1.29, 1.82) is 0 Å². The van der Waals surface area contributed by atoms with Crippen molar-refractivity contribution in [2.75, 3.05) is 46.0 Å². The lowest BCUT2D eigenvalue weighted by molar-refractivity contribution is 0.394. The SMILES string of the molecule is CN=C(NCC1CCN(C)C1)NCC1CCCS1. The summed E-state index contributed by atoms with van der Waals surface area (Å²) in [5, 5.41) is 7.69. The largest absolute Gasteiger partial charge is 0.356 e. The van der Waals surface area contributed by atoms with Crippen molar-refractivity contribution in [3.8, 4) is 0 Å². The first-order valence-corrected chi connectivity index (χ1v) is 8.07. The van der Waals surface area contributed by atoms with Gasteiger partial charge in [-0.2, -0.15) is 11.8 Å². The molecule has 2 aliphatic rings. The number of nitrogens with zero attached hydrogens (tertiary/aromatic N) is 2. The Hall–Kier alpha value is -0.420. The van der Waals surface area contributed by atoms with Crippen LogP contribution in [0.4, 0.5) is 0 Å². The molecule has 2 atom stereocenters. The van der Waals surface area contributed by atoms with Crippen molar-refractivity contribution in [3.63, 3.8) is 0 Å². The van der Waals surface area contributed by atoms with Crippen molar-refractivity contribution in [2.24, 2.45) is 10.9 Å². The molecular weight excluding hydrogens is 244 g/mol. The zero-order valence-corrected chi connectivity index (χ0v) is 12.4. The van der Waals surface area contributed by atoms with Gasteiger partial charge in [-0.25, -0.2) is 0 Å². The Kier molecular flexibility index (Phi) is 5.63. The second-order valence-electron chi connectivity index (χ2n) is 5.39. The zero-order valence-electron chi connectivity index (χ0n) is 11.6. The third-order valence-electron chi connectivity index (χ3n) is 3.79. The van der Waals surface area contributed by atoms with E-state index >= 15 is 0 Å². The Balaban J connectivity index is 1.62. The van der Waals surface area contributed by atoms with E-state index in [1.165, 1.54) is 38.1 Å². The smallest absolute Gasteiger partial charge is 0.191 e. The average Bonchev–Trinajstić information content (AvgIpc) is 3.01. The van der Waals surface area contributed by atoms with Gasteiger partial charge in [0, 0.05) is 31.9 Å². The van der Waals surface area contributed by atoms with Crippen LogP contribution in [0.1, 0.15) is 19.3 Å². The minimum absolute atomic E-state index is 0.773. The lowest BCUT2D eigenvalue weighted by Gasteiger charge is -2.17. The molecule has 0 aromatic heterocycles. The summed E-state index contributed by atoms with van der Waals surface area (Å²) in [4.78, 5) is 6.70. The van der Waals surface area contributed by atoms with Gasteiger partial charge in [-0.1, -0.05) is 0 Å². The fourth-order valence-corrected chi connectivity index (χ4v) is 3.87. The zero-order chi connectivity index (χ0) is 12.8. The minimum Gasteiger partial charge on any atom is -0.356 e. The molecule has 2 aliphatic heterocycles. The maximum Gasteiger partial charge on any atom is 0.191 e. The number of rotatable bonds is 4. The summed E-state index contributed by atoms with van der Waals surface area (Å²) in [5.74, 6) is 3.07. The summed E-state index contributed by atoms with van der Waals surface area (Å²) in [7, 11) is 4.06. The molecule has 0 bridgehead atoms. The Morgan fingerprint density at radius 3 is 2.78 bits per heavy atom. The van der Waals surface area contributed by atoms with Gasteiger partial charge in [0.15, 0.2) is 5.96 Å². The van der Waals surface area contributed by atoms with Crippen LogP contribution in [-0.2, 0) is 0 Å². The van der Waals surface area contributed by atoms with E-state index in [1.54, 1.807) is 0 Å². The van der Waals surface area contributed by atoms with Gasteiger partial charge in [0.05, 0.1) is 0 Å². The molecule has 0 aromatic rings. The Labute approximate surface area is 115 Å². The maximum atomic E-state index is 4.30. The van der Waals surface area contributed by atoms with Crippen molar-refractivity contribution in [3.05, 3.63) is 0 Å². The van der Waals surface area contributed by atoms with Gasteiger partial charge in [-0.3, -0.25) is 4.99 Å². The molecule has 4 nitrogen and oxygen atoms in total. The highest BCUT2D eigenvalue weighted by atomic mass is 32.2. The Bertz CT molecular complexity index is 276. The van der Waals surface area contributed by atoms with Crippen LogP contribution < -0.4 is 10.6 Å². The molecule has 5 heteroatoms. The quantitative estimate of drug-likeness (QED) is 0.590. The molecule has 2 saturated heterocycles. The molecule has 18 heavy (non-hydrogen) atoms. The molecule has 104 valence electrons. The first-order valence-electron chi connectivity index (χ1n) is 7.02. The van der Waals surface area contributed by atoms with Crippen molar-refractivity contribution < 1.29 is 0 Å². The Morgan fingerprint density at radius 2 is 2.17 bits per heavy atom. The highest BCUT2D eigenvalue weighted by molar-refractivity contribution is 8.00. The Morgan fingerprint density at radius 1 is 1.33 bits per heavy atom. The number of nitrogens with one attached hydrogen (secondary N) is 2. The van der Waals surface area contributed by atoms with Crippen LogP contribution in [0.3, 0.4) is 0 Å². The van der Waals surface area contributed by atoms with Crippen molar-refractivity contribution in [2.45, 2.75) is 24.5 Å². The van der Waals surface area contributed by atoms with Gasteiger partial charge in [0.2, 0.25) is 0 Å². The number of aliphatic imine (C=N–C) groups is 1. The summed E-state index contributed by atoms with van der Waals surface area (Å²) >= 11 is 2.09. The fraction of sp³-hybridized carbons (Fsp3) is 0.923. The van der Waals surface area contributed by atoms with Crippen LogP contribution in [-0.4, -0.2) is 62.1 Å². The molecule has 2 N–H and O–H groups in total. The number of guanidine groups is 1. The normalized spacial score (nSPS) is 29.8. The van der Waals surface area contributed by atoms with E-state index < -0.39 is 0 Å². The average molecular weight is 270 g/mol. The first kappa shape index (κ1) is 14.0. The second-order valence-corrected chi connectivity index (χ2v) is 6.79. The van der Waals surface area contributed by atoms with Gasteiger partial charge in [-0.15, -0.1) is 0 Å². The number of hydrogen-bond acceptors (Lipinski definition) is 3. The standard InChI is InChI=1S/C13H26N4S/c1-14-13(16-9-12-4-3-7-18-12)15-8-11-5-6-17(2)10-11/h11-12H,3-10H2,1-2H3,(H2,14,15,16). The highest BCUT2D eigenvalue weighted by Gasteiger charge is 2.20. The van der Waals surface area contributed by atoms with Gasteiger partial charge >= 0.3 is 0 Å². The van der Waals surface area contributed by atoms with Crippen LogP contribution in [0.25, 0.3) is 0 Å². The molecule has 2 fully saturated rings. The molecule has 2 heterocycles. The van der Waals surface area contributed by atoms with Crippen LogP contribution >= 0.6 is 11.8 Å². The lowest BCUT2D eigenvalue weighted by Crippen LogP contribution is -2.42.